The van der Waals surface area contributed by atoms with Crippen LogP contribution in [-0.2, 0) is 17.9 Å². The van der Waals surface area contributed by atoms with Gasteiger partial charge in [-0.1, -0.05) is 42.5 Å². The predicted molar refractivity (Wildman–Crippen MR) is 99.0 cm³/mol. The first-order chi connectivity index (χ1) is 13.0. The van der Waals surface area contributed by atoms with E-state index in [0.29, 0.717) is 13.1 Å². The molecule has 1 aliphatic rings. The zero-order chi connectivity index (χ0) is 19.2. The second-order valence-corrected chi connectivity index (χ2v) is 6.49. The van der Waals surface area contributed by atoms with E-state index in [1.807, 2.05) is 30.3 Å². The fraction of sp³-hybridized carbons (Fsp3) is 0.250. The average molecular weight is 367 g/mol. The summed E-state index contributed by atoms with van der Waals surface area (Å²) < 4.78 is 0. The lowest BCUT2D eigenvalue weighted by atomic mass is 10.1. The Kier molecular flexibility index (Phi) is 5.71. The molecule has 0 aromatic heterocycles. The number of carboxylic acids is 1. The Morgan fingerprint density at radius 2 is 1.74 bits per heavy atom. The van der Waals surface area contributed by atoms with Gasteiger partial charge in [0.15, 0.2) is 0 Å². The van der Waals surface area contributed by atoms with Gasteiger partial charge in [0.2, 0.25) is 5.91 Å². The molecule has 0 spiro atoms. The number of hydrogen-bond acceptors (Lipinski definition) is 3. The molecule has 0 aliphatic carbocycles. The van der Waals surface area contributed by atoms with Crippen molar-refractivity contribution in [3.05, 3.63) is 71.3 Å². The van der Waals surface area contributed by atoms with Crippen molar-refractivity contribution in [3.63, 3.8) is 0 Å². The molecule has 0 saturated carbocycles. The molecule has 140 valence electrons. The summed E-state index contributed by atoms with van der Waals surface area (Å²) >= 11 is 0. The highest BCUT2D eigenvalue weighted by Gasteiger charge is 2.30. The van der Waals surface area contributed by atoms with Crippen molar-refractivity contribution in [2.45, 2.75) is 25.6 Å². The number of benzene rings is 2. The summed E-state index contributed by atoms with van der Waals surface area (Å²) in [6.07, 6.45) is 0.285. The van der Waals surface area contributed by atoms with Gasteiger partial charge in [-0.3, -0.25) is 4.79 Å². The van der Waals surface area contributed by atoms with E-state index in [1.54, 1.807) is 17.0 Å². The highest BCUT2D eigenvalue weighted by atomic mass is 16.4. The summed E-state index contributed by atoms with van der Waals surface area (Å²) in [5, 5.41) is 14.4. The first kappa shape index (κ1) is 18.4. The van der Waals surface area contributed by atoms with E-state index in [1.165, 1.54) is 12.1 Å². The molecule has 0 bridgehead atoms. The molecule has 1 unspecified atom stereocenters. The maximum Gasteiger partial charge on any atom is 0.335 e. The number of aromatic carboxylic acids is 1. The number of likely N-dealkylation sites (tertiary alicyclic amines) is 1. The monoisotopic (exact) mass is 367 g/mol. The minimum absolute atomic E-state index is 0.0217. The third-order valence-electron chi connectivity index (χ3n) is 4.42. The van der Waals surface area contributed by atoms with E-state index in [0.717, 1.165) is 11.1 Å². The van der Waals surface area contributed by atoms with Crippen LogP contribution in [0.1, 0.15) is 27.9 Å². The number of urea groups is 1. The first-order valence-corrected chi connectivity index (χ1v) is 8.69. The van der Waals surface area contributed by atoms with Gasteiger partial charge in [0, 0.05) is 26.1 Å². The Bertz CT molecular complexity index is 821. The van der Waals surface area contributed by atoms with Crippen molar-refractivity contribution in [1.82, 2.24) is 15.5 Å². The second kappa shape index (κ2) is 8.35. The number of hydrogen-bond donors (Lipinski definition) is 3. The highest BCUT2D eigenvalue weighted by Crippen LogP contribution is 2.15. The molecule has 1 fully saturated rings. The minimum atomic E-state index is -0.988. The van der Waals surface area contributed by atoms with Crippen LogP contribution < -0.4 is 10.6 Å². The van der Waals surface area contributed by atoms with Gasteiger partial charge in [-0.05, 0) is 23.3 Å². The summed E-state index contributed by atoms with van der Waals surface area (Å²) in [4.78, 5) is 36.8. The smallest absolute Gasteiger partial charge is 0.335 e. The lowest BCUT2D eigenvalue weighted by Gasteiger charge is -2.17. The molecular formula is C20H21N3O4. The summed E-state index contributed by atoms with van der Waals surface area (Å²) in [5.41, 5.74) is 2.05. The van der Waals surface area contributed by atoms with Gasteiger partial charge in [0.1, 0.15) is 0 Å². The molecule has 3 rings (SSSR count). The zero-order valence-electron chi connectivity index (χ0n) is 14.7. The normalized spacial score (nSPS) is 16.2. The molecule has 2 aromatic rings. The van der Waals surface area contributed by atoms with Crippen molar-refractivity contribution in [1.29, 1.82) is 0 Å². The first-order valence-electron chi connectivity index (χ1n) is 8.69. The van der Waals surface area contributed by atoms with E-state index in [9.17, 15) is 14.4 Å². The number of amides is 3. The molecule has 3 amide bonds. The van der Waals surface area contributed by atoms with Crippen LogP contribution in [0, 0.1) is 0 Å². The van der Waals surface area contributed by atoms with Gasteiger partial charge < -0.3 is 20.6 Å². The van der Waals surface area contributed by atoms with Crippen LogP contribution in [0.4, 0.5) is 4.79 Å². The Hall–Kier alpha value is -3.35. The van der Waals surface area contributed by atoms with Crippen LogP contribution in [0.25, 0.3) is 0 Å². The zero-order valence-corrected chi connectivity index (χ0v) is 14.7. The number of nitrogens with one attached hydrogen (secondary N) is 2. The van der Waals surface area contributed by atoms with Gasteiger partial charge in [0.25, 0.3) is 0 Å². The van der Waals surface area contributed by atoms with Crippen LogP contribution in [0.3, 0.4) is 0 Å². The maximum atomic E-state index is 12.1. The van der Waals surface area contributed by atoms with Crippen LogP contribution in [0.2, 0.25) is 0 Å². The van der Waals surface area contributed by atoms with Crippen molar-refractivity contribution in [2.75, 3.05) is 6.54 Å². The number of carboxylic acid groups (broad SMARTS) is 1. The van der Waals surface area contributed by atoms with E-state index in [-0.39, 0.29) is 36.5 Å². The largest absolute Gasteiger partial charge is 0.478 e. The van der Waals surface area contributed by atoms with Crippen molar-refractivity contribution in [3.8, 4) is 0 Å². The Balaban J connectivity index is 1.45. The Morgan fingerprint density at radius 3 is 2.41 bits per heavy atom. The Morgan fingerprint density at radius 1 is 1.04 bits per heavy atom. The second-order valence-electron chi connectivity index (χ2n) is 6.49. The molecule has 1 aliphatic heterocycles. The third kappa shape index (κ3) is 5.07. The molecule has 1 heterocycles. The summed E-state index contributed by atoms with van der Waals surface area (Å²) in [6, 6.07) is 15.5. The van der Waals surface area contributed by atoms with Crippen molar-refractivity contribution >= 4 is 17.9 Å². The SMILES string of the molecule is O=C(NCc1ccc(C(=O)O)cc1)NC1CC(=O)N(Cc2ccccc2)C1. The van der Waals surface area contributed by atoms with E-state index < -0.39 is 5.97 Å². The topological polar surface area (TPSA) is 98.7 Å². The number of nitrogens with zero attached hydrogens (tertiary/aromatic N) is 1. The lowest BCUT2D eigenvalue weighted by Crippen LogP contribution is -2.43. The van der Waals surface area contributed by atoms with Crippen LogP contribution in [-0.4, -0.2) is 40.5 Å². The fourth-order valence-corrected chi connectivity index (χ4v) is 3.01. The maximum absolute atomic E-state index is 12.1. The highest BCUT2D eigenvalue weighted by molar-refractivity contribution is 5.87. The van der Waals surface area contributed by atoms with Crippen LogP contribution in [0.15, 0.2) is 54.6 Å². The number of carbonyl (C=O) groups excluding carboxylic acids is 2. The van der Waals surface area contributed by atoms with Gasteiger partial charge in [-0.25, -0.2) is 9.59 Å². The van der Waals surface area contributed by atoms with Gasteiger partial charge >= 0.3 is 12.0 Å². The van der Waals surface area contributed by atoms with Gasteiger partial charge in [-0.2, -0.15) is 0 Å². The van der Waals surface area contributed by atoms with Crippen LogP contribution in [0.5, 0.6) is 0 Å². The summed E-state index contributed by atoms with van der Waals surface area (Å²) in [7, 11) is 0. The summed E-state index contributed by atoms with van der Waals surface area (Å²) in [5.74, 6) is -0.966. The quantitative estimate of drug-likeness (QED) is 0.727. The molecule has 1 atom stereocenters. The molecule has 27 heavy (non-hydrogen) atoms. The predicted octanol–water partition coefficient (Wildman–Crippen LogP) is 1.99. The standard InChI is InChI=1S/C20H21N3O4/c24-18-10-17(13-23(18)12-15-4-2-1-3-5-15)22-20(27)21-11-14-6-8-16(9-7-14)19(25)26/h1-9,17H,10-13H2,(H,25,26)(H2,21,22,27). The van der Waals surface area contributed by atoms with E-state index >= 15 is 0 Å². The van der Waals surface area contributed by atoms with Crippen LogP contribution >= 0.6 is 0 Å². The third-order valence-corrected chi connectivity index (χ3v) is 4.42. The molecule has 2 aromatic carbocycles. The minimum Gasteiger partial charge on any atom is -0.478 e. The molecular weight excluding hydrogens is 346 g/mol. The number of carbonyl (C=O) groups is 3. The molecule has 3 N–H and O–H groups in total. The van der Waals surface area contributed by atoms with E-state index in [4.69, 9.17) is 5.11 Å². The van der Waals surface area contributed by atoms with E-state index in [2.05, 4.69) is 10.6 Å². The van der Waals surface area contributed by atoms with Gasteiger partial charge in [0.05, 0.1) is 11.6 Å². The number of rotatable bonds is 6. The van der Waals surface area contributed by atoms with Gasteiger partial charge in [-0.15, -0.1) is 0 Å². The fourth-order valence-electron chi connectivity index (χ4n) is 3.01. The molecule has 0 radical (unpaired) electrons. The molecule has 7 nitrogen and oxygen atoms in total. The molecule has 1 saturated heterocycles. The Labute approximate surface area is 157 Å². The van der Waals surface area contributed by atoms with Crippen molar-refractivity contribution < 1.29 is 19.5 Å². The molecule has 7 heteroatoms. The average Bonchev–Trinajstić information content (AvgIpc) is 3.00. The van der Waals surface area contributed by atoms with Crippen molar-refractivity contribution in [2.24, 2.45) is 0 Å². The lowest BCUT2D eigenvalue weighted by molar-refractivity contribution is -0.128. The summed E-state index contributed by atoms with van der Waals surface area (Å²) in [6.45, 7) is 1.30.